The molecule has 0 saturated carbocycles. The lowest BCUT2D eigenvalue weighted by molar-refractivity contribution is 0.145. The molecule has 1 aliphatic rings. The predicted octanol–water partition coefficient (Wildman–Crippen LogP) is 2.97. The van der Waals surface area contributed by atoms with Gasteiger partial charge in [0.1, 0.15) is 17.6 Å². The van der Waals surface area contributed by atoms with Gasteiger partial charge in [-0.2, -0.15) is 0 Å². The molecule has 1 aliphatic heterocycles. The average Bonchev–Trinajstić information content (AvgIpc) is 2.79. The Kier molecular flexibility index (Phi) is 6.41. The molecule has 1 aromatic heterocycles. The Balaban J connectivity index is 1.76. The standard InChI is InChI=1S/C23H27N5O2S/c1-27(2)18-8-4-17(5-9-18)22-21(16-6-10-20(11-7-16)31(3)30)24-23(26-25-22)28-14-12-19(29)13-15-28/h4-11,19,29H,12-15H2,1-3H3. The van der Waals surface area contributed by atoms with Crippen molar-refractivity contribution in [3.8, 4) is 22.5 Å². The molecule has 1 fully saturated rings. The number of aliphatic hydroxyl groups excluding tert-OH is 1. The van der Waals surface area contributed by atoms with Gasteiger partial charge in [-0.25, -0.2) is 4.98 Å². The summed E-state index contributed by atoms with van der Waals surface area (Å²) in [4.78, 5) is 9.77. The number of hydrogen-bond donors (Lipinski definition) is 1. The van der Waals surface area contributed by atoms with Gasteiger partial charge in [-0.15, -0.1) is 10.2 Å². The lowest BCUT2D eigenvalue weighted by Crippen LogP contribution is -2.37. The van der Waals surface area contributed by atoms with Gasteiger partial charge in [-0.3, -0.25) is 0 Å². The van der Waals surface area contributed by atoms with Crippen LogP contribution in [-0.4, -0.2) is 64.4 Å². The lowest BCUT2D eigenvalue weighted by Gasteiger charge is -2.29. The van der Waals surface area contributed by atoms with Crippen molar-refractivity contribution in [1.29, 1.82) is 0 Å². The van der Waals surface area contributed by atoms with Gasteiger partial charge >= 0.3 is 0 Å². The van der Waals surface area contributed by atoms with Gasteiger partial charge in [0.05, 0.1) is 6.10 Å². The highest BCUT2D eigenvalue weighted by Gasteiger charge is 2.22. The summed E-state index contributed by atoms with van der Waals surface area (Å²) in [6, 6.07) is 15.7. The maximum absolute atomic E-state index is 11.8. The fraction of sp³-hybridized carbons (Fsp3) is 0.348. The molecule has 1 unspecified atom stereocenters. The number of hydrogen-bond acceptors (Lipinski definition) is 7. The van der Waals surface area contributed by atoms with Crippen molar-refractivity contribution in [2.24, 2.45) is 0 Å². The first-order valence-corrected chi connectivity index (χ1v) is 11.9. The maximum Gasteiger partial charge on any atom is 0.245 e. The number of nitrogens with zero attached hydrogens (tertiary/aromatic N) is 5. The van der Waals surface area contributed by atoms with Gasteiger partial charge < -0.3 is 19.5 Å². The molecule has 2 aromatic carbocycles. The summed E-state index contributed by atoms with van der Waals surface area (Å²) in [5, 5.41) is 18.8. The highest BCUT2D eigenvalue weighted by atomic mass is 32.2. The van der Waals surface area contributed by atoms with Crippen LogP contribution in [0.4, 0.5) is 11.6 Å². The minimum absolute atomic E-state index is 0.263. The summed E-state index contributed by atoms with van der Waals surface area (Å²) < 4.78 is 11.8. The molecule has 1 atom stereocenters. The predicted molar refractivity (Wildman–Crippen MR) is 125 cm³/mol. The van der Waals surface area contributed by atoms with Crippen LogP contribution in [0, 0.1) is 0 Å². The quantitative estimate of drug-likeness (QED) is 0.614. The molecule has 7 nitrogen and oxygen atoms in total. The van der Waals surface area contributed by atoms with E-state index in [1.165, 1.54) is 0 Å². The number of piperidine rings is 1. The van der Waals surface area contributed by atoms with Gasteiger partial charge in [-0.05, 0) is 60.4 Å². The largest absolute Gasteiger partial charge is 0.612 e. The van der Waals surface area contributed by atoms with Crippen molar-refractivity contribution in [3.63, 3.8) is 0 Å². The minimum atomic E-state index is -1.04. The van der Waals surface area contributed by atoms with Crippen molar-refractivity contribution < 1.29 is 9.66 Å². The second kappa shape index (κ2) is 9.21. The number of anilines is 2. The highest BCUT2D eigenvalue weighted by Crippen LogP contribution is 2.31. The van der Waals surface area contributed by atoms with Gasteiger partial charge in [0.25, 0.3) is 0 Å². The molecule has 0 spiro atoms. The number of rotatable bonds is 5. The van der Waals surface area contributed by atoms with Gasteiger partial charge in [-0.1, -0.05) is 12.1 Å². The highest BCUT2D eigenvalue weighted by molar-refractivity contribution is 7.90. The topological polar surface area (TPSA) is 88.4 Å². The van der Waals surface area contributed by atoms with Crippen LogP contribution in [0.3, 0.4) is 0 Å². The van der Waals surface area contributed by atoms with Crippen LogP contribution >= 0.6 is 0 Å². The number of benzene rings is 2. The third-order valence-electron chi connectivity index (χ3n) is 5.54. The monoisotopic (exact) mass is 437 g/mol. The normalized spacial score (nSPS) is 15.7. The molecular weight excluding hydrogens is 410 g/mol. The fourth-order valence-electron chi connectivity index (χ4n) is 3.63. The van der Waals surface area contributed by atoms with Crippen molar-refractivity contribution in [2.45, 2.75) is 23.8 Å². The van der Waals surface area contributed by atoms with Crippen LogP contribution in [0.25, 0.3) is 22.5 Å². The molecule has 1 saturated heterocycles. The summed E-state index contributed by atoms with van der Waals surface area (Å²) in [7, 11) is 4.01. The summed E-state index contributed by atoms with van der Waals surface area (Å²) >= 11 is -1.04. The molecule has 31 heavy (non-hydrogen) atoms. The second-order valence-electron chi connectivity index (χ2n) is 7.95. The van der Waals surface area contributed by atoms with Gasteiger partial charge in [0.15, 0.2) is 4.90 Å². The molecule has 2 heterocycles. The molecule has 3 aromatic rings. The van der Waals surface area contributed by atoms with Crippen molar-refractivity contribution in [1.82, 2.24) is 15.2 Å². The van der Waals surface area contributed by atoms with Crippen LogP contribution < -0.4 is 9.80 Å². The molecule has 8 heteroatoms. The third-order valence-corrected chi connectivity index (χ3v) is 6.48. The molecule has 0 radical (unpaired) electrons. The van der Waals surface area contributed by atoms with Gasteiger partial charge in [0, 0.05) is 44.0 Å². The number of aliphatic hydroxyl groups is 1. The van der Waals surface area contributed by atoms with E-state index < -0.39 is 11.2 Å². The maximum atomic E-state index is 11.8. The van der Waals surface area contributed by atoms with E-state index in [4.69, 9.17) is 4.98 Å². The third kappa shape index (κ3) is 4.81. The summed E-state index contributed by atoms with van der Waals surface area (Å²) in [5.41, 5.74) is 4.38. The van der Waals surface area contributed by atoms with E-state index in [1.807, 2.05) is 67.5 Å². The van der Waals surface area contributed by atoms with Crippen molar-refractivity contribution in [3.05, 3.63) is 48.5 Å². The van der Waals surface area contributed by atoms with Crippen molar-refractivity contribution >= 4 is 22.8 Å². The van der Waals surface area contributed by atoms with Crippen LogP contribution in [-0.2, 0) is 11.2 Å². The fourth-order valence-corrected chi connectivity index (χ4v) is 4.15. The van der Waals surface area contributed by atoms with Crippen molar-refractivity contribution in [2.75, 3.05) is 43.2 Å². The van der Waals surface area contributed by atoms with E-state index in [1.54, 1.807) is 6.26 Å². The summed E-state index contributed by atoms with van der Waals surface area (Å²) in [5.74, 6) is 0.568. The average molecular weight is 438 g/mol. The van der Waals surface area contributed by atoms with Crippen LogP contribution in [0.15, 0.2) is 53.4 Å². The first-order valence-electron chi connectivity index (χ1n) is 10.3. The van der Waals surface area contributed by atoms with Crippen LogP contribution in [0.5, 0.6) is 0 Å². The number of aromatic nitrogens is 3. The zero-order valence-electron chi connectivity index (χ0n) is 18.0. The molecule has 0 aliphatic carbocycles. The Hall–Kier alpha value is -2.68. The Morgan fingerprint density at radius 1 is 0.935 bits per heavy atom. The molecule has 0 amide bonds. The summed E-state index contributed by atoms with van der Waals surface area (Å²) in [6.45, 7) is 1.40. The van der Waals surface area contributed by atoms with E-state index in [0.29, 0.717) is 37.6 Å². The lowest BCUT2D eigenvalue weighted by atomic mass is 10.0. The van der Waals surface area contributed by atoms with E-state index in [2.05, 4.69) is 15.1 Å². The molecule has 1 N–H and O–H groups in total. The zero-order valence-corrected chi connectivity index (χ0v) is 18.8. The molecule has 0 bridgehead atoms. The van der Waals surface area contributed by atoms with E-state index in [0.717, 1.165) is 27.4 Å². The Bertz CT molecular complexity index is 1020. The van der Waals surface area contributed by atoms with Gasteiger partial charge in [0.2, 0.25) is 5.95 Å². The first-order chi connectivity index (χ1) is 14.9. The Labute approximate surface area is 185 Å². The Morgan fingerprint density at radius 3 is 2.10 bits per heavy atom. The Morgan fingerprint density at radius 2 is 1.52 bits per heavy atom. The minimum Gasteiger partial charge on any atom is -0.612 e. The molecular formula is C23H27N5O2S. The van der Waals surface area contributed by atoms with Crippen LogP contribution in [0.1, 0.15) is 12.8 Å². The van der Waals surface area contributed by atoms with E-state index in [9.17, 15) is 9.66 Å². The zero-order chi connectivity index (χ0) is 22.0. The smallest absolute Gasteiger partial charge is 0.245 e. The van der Waals surface area contributed by atoms with E-state index >= 15 is 0 Å². The molecule has 162 valence electrons. The molecule has 4 rings (SSSR count). The SMILES string of the molecule is CN(C)c1ccc(-c2nnc(N3CCC(O)CC3)nc2-c2ccc([S+](C)[O-])cc2)cc1. The van der Waals surface area contributed by atoms with E-state index in [-0.39, 0.29) is 6.10 Å². The second-order valence-corrected chi connectivity index (χ2v) is 9.33. The summed E-state index contributed by atoms with van der Waals surface area (Å²) in [6.07, 6.45) is 2.80. The van der Waals surface area contributed by atoms with Crippen LogP contribution in [0.2, 0.25) is 0 Å². The first kappa shape index (κ1) is 21.5.